The third-order valence-electron chi connectivity index (χ3n) is 3.36. The number of rotatable bonds is 1. The fourth-order valence-electron chi connectivity index (χ4n) is 2.33. The highest BCUT2D eigenvalue weighted by Gasteiger charge is 2.29. The molecule has 3 nitrogen and oxygen atoms in total. The Labute approximate surface area is 111 Å². The lowest BCUT2D eigenvalue weighted by Gasteiger charge is -2.36. The Hall–Kier alpha value is -1.13. The summed E-state index contributed by atoms with van der Waals surface area (Å²) in [6.45, 7) is 2.54. The molecule has 0 aliphatic carbocycles. The van der Waals surface area contributed by atoms with E-state index in [2.05, 4.69) is 0 Å². The maximum Gasteiger partial charge on any atom is 0.255 e. The molecule has 1 amide bonds. The summed E-state index contributed by atoms with van der Waals surface area (Å²) in [4.78, 5) is 14.0. The largest absolute Gasteiger partial charge is 0.336 e. The van der Waals surface area contributed by atoms with E-state index in [1.165, 1.54) is 12.1 Å². The monoisotopic (exact) mass is 270 g/mol. The molecule has 2 unspecified atom stereocenters. The molecule has 1 aromatic carbocycles. The maximum atomic E-state index is 13.3. The summed E-state index contributed by atoms with van der Waals surface area (Å²) in [5, 5.41) is -0.107. The molecule has 98 valence electrons. The van der Waals surface area contributed by atoms with Gasteiger partial charge in [-0.25, -0.2) is 4.39 Å². The smallest absolute Gasteiger partial charge is 0.255 e. The minimum Gasteiger partial charge on any atom is -0.336 e. The standard InChI is InChI=1S/C13H16ClFN2O/c1-8-7-9(16)5-6-17(8)13(18)10-3-2-4-11(15)12(10)14/h2-4,8-9H,5-7,16H2,1H3. The van der Waals surface area contributed by atoms with Gasteiger partial charge in [0.05, 0.1) is 10.6 Å². The highest BCUT2D eigenvalue weighted by molar-refractivity contribution is 6.34. The first-order valence-electron chi connectivity index (χ1n) is 6.01. The van der Waals surface area contributed by atoms with Gasteiger partial charge in [-0.15, -0.1) is 0 Å². The summed E-state index contributed by atoms with van der Waals surface area (Å²) in [5.41, 5.74) is 6.08. The van der Waals surface area contributed by atoms with Gasteiger partial charge in [0.1, 0.15) is 5.82 Å². The molecular weight excluding hydrogens is 255 g/mol. The Bertz CT molecular complexity index is 466. The van der Waals surface area contributed by atoms with Gasteiger partial charge in [-0.05, 0) is 31.9 Å². The van der Waals surface area contributed by atoms with Crippen molar-refractivity contribution >= 4 is 17.5 Å². The molecule has 1 saturated heterocycles. The Kier molecular flexibility index (Phi) is 3.88. The summed E-state index contributed by atoms with van der Waals surface area (Å²) in [6, 6.07) is 4.48. The number of piperidine rings is 1. The molecule has 18 heavy (non-hydrogen) atoms. The van der Waals surface area contributed by atoms with Gasteiger partial charge < -0.3 is 10.6 Å². The van der Waals surface area contributed by atoms with Crippen LogP contribution in [-0.2, 0) is 0 Å². The lowest BCUT2D eigenvalue weighted by Crippen LogP contribution is -2.48. The third kappa shape index (κ3) is 2.49. The van der Waals surface area contributed by atoms with Gasteiger partial charge in [0, 0.05) is 18.6 Å². The molecule has 1 heterocycles. The zero-order valence-corrected chi connectivity index (χ0v) is 11.0. The van der Waals surface area contributed by atoms with Crippen molar-refractivity contribution in [1.82, 2.24) is 4.90 Å². The second-order valence-corrected chi connectivity index (χ2v) is 5.11. The van der Waals surface area contributed by atoms with Crippen LogP contribution in [0.15, 0.2) is 18.2 Å². The van der Waals surface area contributed by atoms with E-state index in [1.807, 2.05) is 6.92 Å². The first-order chi connectivity index (χ1) is 8.50. The van der Waals surface area contributed by atoms with E-state index in [9.17, 15) is 9.18 Å². The summed E-state index contributed by atoms with van der Waals surface area (Å²) in [7, 11) is 0. The molecule has 1 aliphatic heterocycles. The predicted molar refractivity (Wildman–Crippen MR) is 69.1 cm³/mol. The van der Waals surface area contributed by atoms with Gasteiger partial charge in [0.2, 0.25) is 0 Å². The maximum absolute atomic E-state index is 13.3. The molecule has 1 fully saturated rings. The Morgan fingerprint density at radius 1 is 1.56 bits per heavy atom. The van der Waals surface area contributed by atoms with Crippen LogP contribution in [0, 0.1) is 5.82 Å². The van der Waals surface area contributed by atoms with E-state index < -0.39 is 5.82 Å². The highest BCUT2D eigenvalue weighted by atomic mass is 35.5. The lowest BCUT2D eigenvalue weighted by atomic mass is 9.98. The molecule has 5 heteroatoms. The number of hydrogen-bond donors (Lipinski definition) is 1. The average molecular weight is 271 g/mol. The number of likely N-dealkylation sites (tertiary alicyclic amines) is 1. The first-order valence-corrected chi connectivity index (χ1v) is 6.39. The van der Waals surface area contributed by atoms with Gasteiger partial charge in [0.25, 0.3) is 5.91 Å². The molecule has 0 bridgehead atoms. The number of benzene rings is 1. The minimum absolute atomic E-state index is 0.0561. The summed E-state index contributed by atoms with van der Waals surface area (Å²) >= 11 is 5.84. The van der Waals surface area contributed by atoms with Crippen LogP contribution in [0.5, 0.6) is 0 Å². The van der Waals surface area contributed by atoms with Crippen LogP contribution in [-0.4, -0.2) is 29.4 Å². The third-order valence-corrected chi connectivity index (χ3v) is 3.74. The van der Waals surface area contributed by atoms with Crippen molar-refractivity contribution in [2.75, 3.05) is 6.54 Å². The summed E-state index contributed by atoms with van der Waals surface area (Å²) in [5.74, 6) is -0.789. The van der Waals surface area contributed by atoms with Crippen LogP contribution < -0.4 is 5.73 Å². The van der Waals surface area contributed by atoms with Crippen molar-refractivity contribution in [1.29, 1.82) is 0 Å². The summed E-state index contributed by atoms with van der Waals surface area (Å²) in [6.07, 6.45) is 1.53. The average Bonchev–Trinajstić information content (AvgIpc) is 2.32. The number of hydrogen-bond acceptors (Lipinski definition) is 2. The molecule has 0 aromatic heterocycles. The van der Waals surface area contributed by atoms with Gasteiger partial charge in [-0.1, -0.05) is 17.7 Å². The summed E-state index contributed by atoms with van der Waals surface area (Å²) < 4.78 is 13.3. The van der Waals surface area contributed by atoms with Gasteiger partial charge in [0.15, 0.2) is 0 Å². The zero-order chi connectivity index (χ0) is 13.3. The van der Waals surface area contributed by atoms with Crippen LogP contribution in [0.1, 0.15) is 30.1 Å². The Balaban J connectivity index is 2.23. The number of amides is 1. The number of carbonyl (C=O) groups is 1. The van der Waals surface area contributed by atoms with Crippen molar-refractivity contribution < 1.29 is 9.18 Å². The van der Waals surface area contributed by atoms with E-state index in [0.717, 1.165) is 12.8 Å². The molecule has 1 aliphatic rings. The molecule has 0 saturated carbocycles. The van der Waals surface area contributed by atoms with Crippen LogP contribution in [0.25, 0.3) is 0 Å². The van der Waals surface area contributed by atoms with Gasteiger partial charge in [-0.2, -0.15) is 0 Å². The second kappa shape index (κ2) is 5.24. The minimum atomic E-state index is -0.566. The SMILES string of the molecule is CC1CC(N)CCN1C(=O)c1cccc(F)c1Cl. The molecule has 2 rings (SSSR count). The number of carbonyl (C=O) groups excluding carboxylic acids is 1. The van der Waals surface area contributed by atoms with Crippen molar-refractivity contribution in [2.24, 2.45) is 5.73 Å². The fraction of sp³-hybridized carbons (Fsp3) is 0.462. The van der Waals surface area contributed by atoms with E-state index in [-0.39, 0.29) is 28.6 Å². The van der Waals surface area contributed by atoms with Crippen molar-refractivity contribution in [3.8, 4) is 0 Å². The molecule has 2 atom stereocenters. The molecule has 2 N–H and O–H groups in total. The van der Waals surface area contributed by atoms with Crippen molar-refractivity contribution in [3.63, 3.8) is 0 Å². The lowest BCUT2D eigenvalue weighted by molar-refractivity contribution is 0.0618. The topological polar surface area (TPSA) is 46.3 Å². The number of nitrogens with two attached hydrogens (primary N) is 1. The quantitative estimate of drug-likeness (QED) is 0.852. The number of nitrogens with zero attached hydrogens (tertiary/aromatic N) is 1. The Morgan fingerprint density at radius 3 is 2.94 bits per heavy atom. The normalized spacial score (nSPS) is 24.1. The van der Waals surface area contributed by atoms with Crippen LogP contribution in [0.2, 0.25) is 5.02 Å². The predicted octanol–water partition coefficient (Wildman–Crippen LogP) is 2.43. The van der Waals surface area contributed by atoms with Gasteiger partial charge >= 0.3 is 0 Å². The second-order valence-electron chi connectivity index (χ2n) is 4.73. The van der Waals surface area contributed by atoms with Gasteiger partial charge in [-0.3, -0.25) is 4.79 Å². The van der Waals surface area contributed by atoms with Crippen molar-refractivity contribution in [2.45, 2.75) is 31.8 Å². The number of halogens is 2. The first kappa shape index (κ1) is 13.3. The van der Waals surface area contributed by atoms with Crippen molar-refractivity contribution in [3.05, 3.63) is 34.6 Å². The molecule has 0 spiro atoms. The van der Waals surface area contributed by atoms with E-state index in [4.69, 9.17) is 17.3 Å². The Morgan fingerprint density at radius 2 is 2.28 bits per heavy atom. The zero-order valence-electron chi connectivity index (χ0n) is 10.2. The van der Waals surface area contributed by atoms with E-state index >= 15 is 0 Å². The molecular formula is C13H16ClFN2O. The van der Waals surface area contributed by atoms with Crippen LogP contribution >= 0.6 is 11.6 Å². The van der Waals surface area contributed by atoms with E-state index in [1.54, 1.807) is 11.0 Å². The van der Waals surface area contributed by atoms with Crippen LogP contribution in [0.3, 0.4) is 0 Å². The molecule has 1 aromatic rings. The fourth-order valence-corrected chi connectivity index (χ4v) is 2.54. The van der Waals surface area contributed by atoms with E-state index in [0.29, 0.717) is 6.54 Å². The van der Waals surface area contributed by atoms with Crippen LogP contribution in [0.4, 0.5) is 4.39 Å². The highest BCUT2D eigenvalue weighted by Crippen LogP contribution is 2.24. The molecule has 0 radical (unpaired) electrons.